The first kappa shape index (κ1) is 50.5. The normalized spacial score (nSPS) is 13.3. The molecule has 0 heterocycles. The van der Waals surface area contributed by atoms with Crippen molar-refractivity contribution in [1.29, 1.82) is 0 Å². The fraction of sp³-hybridized carbons (Fsp3) is 0.800. The summed E-state index contributed by atoms with van der Waals surface area (Å²) in [4.78, 5) is 36.8. The molecule has 0 aliphatic heterocycles. The number of aliphatic carboxylic acids is 1. The summed E-state index contributed by atoms with van der Waals surface area (Å²) >= 11 is 0. The summed E-state index contributed by atoms with van der Waals surface area (Å²) < 4.78 is 17.1. The van der Waals surface area contributed by atoms with Gasteiger partial charge in [0.1, 0.15) is 12.6 Å². The van der Waals surface area contributed by atoms with E-state index in [1.165, 1.54) is 83.5 Å². The molecule has 8 heteroatoms. The lowest BCUT2D eigenvalue weighted by atomic mass is 10.0. The van der Waals surface area contributed by atoms with Crippen LogP contribution in [0.5, 0.6) is 0 Å². The minimum absolute atomic E-state index is 0.0363. The predicted molar refractivity (Wildman–Crippen MR) is 217 cm³/mol. The molecule has 0 aromatic carbocycles. The molecule has 0 amide bonds. The Kier molecular flexibility index (Phi) is 34.8. The lowest BCUT2D eigenvalue weighted by Gasteiger charge is -2.34. The van der Waals surface area contributed by atoms with E-state index in [-0.39, 0.29) is 42.7 Å². The molecule has 0 bridgehead atoms. The molecule has 0 spiro atoms. The topological polar surface area (TPSA) is 102 Å². The maximum Gasteiger partial charge on any atom is 0.306 e. The number of likely N-dealkylation sites (N-methyl/N-ethyl adjacent to an activating group) is 1. The monoisotopic (exact) mass is 748 g/mol. The number of carbonyl (C=O) groups excluding carboxylic acids is 3. The van der Waals surface area contributed by atoms with Gasteiger partial charge in [-0.25, -0.2) is 0 Å². The number of ether oxygens (including phenoxy) is 3. The molecule has 0 aliphatic carbocycles. The van der Waals surface area contributed by atoms with E-state index in [0.717, 1.165) is 64.2 Å². The number of esters is 2. The van der Waals surface area contributed by atoms with E-state index in [9.17, 15) is 19.5 Å². The molecular formula is C45H81NO7. The Morgan fingerprint density at radius 3 is 1.55 bits per heavy atom. The summed E-state index contributed by atoms with van der Waals surface area (Å²) in [5, 5.41) is 11.6. The lowest BCUT2D eigenvalue weighted by Crippen LogP contribution is -2.55. The number of allylic oxidation sites excluding steroid dienone is 6. The van der Waals surface area contributed by atoms with E-state index in [1.54, 1.807) is 21.1 Å². The van der Waals surface area contributed by atoms with Crippen molar-refractivity contribution in [2.45, 2.75) is 193 Å². The molecule has 0 rings (SSSR count). The number of carboxylic acid groups (broad SMARTS) is 1. The Bertz CT molecular complexity index is 968. The average Bonchev–Trinajstić information content (AvgIpc) is 3.11. The third kappa shape index (κ3) is 35.0. The minimum Gasteiger partial charge on any atom is -0.544 e. The summed E-state index contributed by atoms with van der Waals surface area (Å²) in [5.74, 6) is -1.76. The molecule has 53 heavy (non-hydrogen) atoms. The molecule has 0 fully saturated rings. The first-order valence-electron chi connectivity index (χ1n) is 21.5. The summed E-state index contributed by atoms with van der Waals surface area (Å²) in [7, 11) is 5.40. The van der Waals surface area contributed by atoms with Crippen LogP contribution in [-0.2, 0) is 28.6 Å². The number of carbonyl (C=O) groups is 3. The van der Waals surface area contributed by atoms with Gasteiger partial charge >= 0.3 is 11.9 Å². The molecule has 0 saturated heterocycles. The van der Waals surface area contributed by atoms with Crippen LogP contribution in [-0.4, -0.2) is 75.5 Å². The van der Waals surface area contributed by atoms with Gasteiger partial charge in [-0.2, -0.15) is 0 Å². The number of hydrogen-bond donors (Lipinski definition) is 0. The van der Waals surface area contributed by atoms with Crippen molar-refractivity contribution < 1.29 is 38.2 Å². The molecule has 0 aromatic rings. The molecule has 308 valence electrons. The van der Waals surface area contributed by atoms with Crippen LogP contribution >= 0.6 is 0 Å². The van der Waals surface area contributed by atoms with Crippen LogP contribution in [0.25, 0.3) is 0 Å². The van der Waals surface area contributed by atoms with Crippen molar-refractivity contribution in [1.82, 2.24) is 0 Å². The van der Waals surface area contributed by atoms with E-state index in [1.807, 2.05) is 6.08 Å². The van der Waals surface area contributed by atoms with Gasteiger partial charge in [-0.3, -0.25) is 9.59 Å². The van der Waals surface area contributed by atoms with Crippen molar-refractivity contribution >= 4 is 17.9 Å². The first-order valence-corrected chi connectivity index (χ1v) is 21.5. The highest BCUT2D eigenvalue weighted by molar-refractivity contribution is 5.70. The zero-order valence-electron chi connectivity index (χ0n) is 34.9. The van der Waals surface area contributed by atoms with Crippen molar-refractivity contribution in [2.75, 3.05) is 41.0 Å². The molecule has 0 aliphatic rings. The van der Waals surface area contributed by atoms with Crippen molar-refractivity contribution in [3.63, 3.8) is 0 Å². The summed E-state index contributed by atoms with van der Waals surface area (Å²) in [6.45, 7) is 4.51. The van der Waals surface area contributed by atoms with Crippen molar-refractivity contribution in [3.8, 4) is 0 Å². The molecule has 2 atom stereocenters. The number of nitrogens with zero attached hydrogens (tertiary/aromatic N) is 1. The Hall–Kier alpha value is -2.45. The van der Waals surface area contributed by atoms with Gasteiger partial charge in [-0.15, -0.1) is 0 Å². The van der Waals surface area contributed by atoms with E-state index in [0.29, 0.717) is 12.8 Å². The molecule has 0 aromatic heterocycles. The van der Waals surface area contributed by atoms with Gasteiger partial charge < -0.3 is 28.6 Å². The quantitative estimate of drug-likeness (QED) is 0.0268. The van der Waals surface area contributed by atoms with Crippen LogP contribution < -0.4 is 5.11 Å². The van der Waals surface area contributed by atoms with Gasteiger partial charge in [0.2, 0.25) is 0 Å². The number of carboxylic acids is 1. The van der Waals surface area contributed by atoms with Crippen LogP contribution in [0.1, 0.15) is 181 Å². The van der Waals surface area contributed by atoms with Crippen LogP contribution in [0.3, 0.4) is 0 Å². The highest BCUT2D eigenvalue weighted by Crippen LogP contribution is 2.15. The number of rotatable bonds is 38. The van der Waals surface area contributed by atoms with E-state index in [2.05, 4.69) is 44.2 Å². The Labute approximate surface area is 325 Å². The summed E-state index contributed by atoms with van der Waals surface area (Å²) in [6.07, 6.45) is 40.2. The molecule has 8 nitrogen and oxygen atoms in total. The van der Waals surface area contributed by atoms with E-state index >= 15 is 0 Å². The van der Waals surface area contributed by atoms with Crippen molar-refractivity contribution in [2.24, 2.45) is 0 Å². The second-order valence-corrected chi connectivity index (χ2v) is 15.6. The third-order valence-corrected chi connectivity index (χ3v) is 9.60. The maximum atomic E-state index is 12.7. The van der Waals surface area contributed by atoms with Crippen LogP contribution in [0, 0.1) is 0 Å². The zero-order valence-corrected chi connectivity index (χ0v) is 34.9. The highest BCUT2D eigenvalue weighted by Gasteiger charge is 2.25. The first-order chi connectivity index (χ1) is 25.6. The van der Waals surface area contributed by atoms with E-state index < -0.39 is 18.1 Å². The third-order valence-electron chi connectivity index (χ3n) is 9.60. The zero-order chi connectivity index (χ0) is 39.3. The lowest BCUT2D eigenvalue weighted by molar-refractivity contribution is -0.889. The minimum atomic E-state index is -1.13. The Morgan fingerprint density at radius 2 is 1.06 bits per heavy atom. The van der Waals surface area contributed by atoms with Gasteiger partial charge in [0.05, 0.1) is 40.3 Å². The number of hydrogen-bond acceptors (Lipinski definition) is 7. The Morgan fingerprint density at radius 1 is 0.585 bits per heavy atom. The largest absolute Gasteiger partial charge is 0.544 e. The smallest absolute Gasteiger partial charge is 0.306 e. The molecular weight excluding hydrogens is 666 g/mol. The highest BCUT2D eigenvalue weighted by atomic mass is 16.6. The molecule has 2 unspecified atom stereocenters. The standard InChI is InChI=1S/C45H81NO7/c1-6-8-10-12-14-16-18-20-21-22-24-26-28-30-32-34-36-44(48)53-41(39-51-38-37-42(45(49)50)46(3,4)5)40-52-43(47)35-33-31-29-27-25-23-19-17-15-13-11-9-7-2/h9,11,13,15,17,19,41-42H,6-8,10,12,14,16,18,20-40H2,1-5H3/b11-9+,15-13+,19-17+. The SMILES string of the molecule is CC/C=C/C=C/C=C/CCCCCCCC(=O)OCC(COCCC(C(=O)[O-])[N+](C)(C)C)OC(=O)CCCCCCCCCCCCCCCCCC. The molecule has 0 radical (unpaired) electrons. The van der Waals surface area contributed by atoms with Crippen molar-refractivity contribution in [3.05, 3.63) is 36.5 Å². The maximum absolute atomic E-state index is 12.7. The van der Waals surface area contributed by atoms with Crippen LogP contribution in [0.15, 0.2) is 36.5 Å². The number of unbranched alkanes of at least 4 members (excludes halogenated alkanes) is 20. The number of quaternary nitrogens is 1. The van der Waals surface area contributed by atoms with Gasteiger partial charge in [0.25, 0.3) is 0 Å². The van der Waals surface area contributed by atoms with Crippen LogP contribution in [0.4, 0.5) is 0 Å². The average molecular weight is 748 g/mol. The van der Waals surface area contributed by atoms with Gasteiger partial charge in [-0.05, 0) is 32.1 Å². The fourth-order valence-corrected chi connectivity index (χ4v) is 6.25. The van der Waals surface area contributed by atoms with E-state index in [4.69, 9.17) is 14.2 Å². The fourth-order valence-electron chi connectivity index (χ4n) is 6.25. The predicted octanol–water partition coefficient (Wildman–Crippen LogP) is 10.1. The Balaban J connectivity index is 4.36. The van der Waals surface area contributed by atoms with Gasteiger partial charge in [-0.1, -0.05) is 166 Å². The van der Waals surface area contributed by atoms with Crippen LogP contribution in [0.2, 0.25) is 0 Å². The van der Waals surface area contributed by atoms with Gasteiger partial charge in [0, 0.05) is 19.3 Å². The summed E-state index contributed by atoms with van der Waals surface area (Å²) in [5.41, 5.74) is 0. The second kappa shape index (κ2) is 36.5. The summed E-state index contributed by atoms with van der Waals surface area (Å²) in [6, 6.07) is -0.727. The van der Waals surface area contributed by atoms with Gasteiger partial charge in [0.15, 0.2) is 6.10 Å². The molecule has 0 N–H and O–H groups in total. The second-order valence-electron chi connectivity index (χ2n) is 15.6. The molecule has 0 saturated carbocycles.